The lowest BCUT2D eigenvalue weighted by Gasteiger charge is -2.31. The van der Waals surface area contributed by atoms with Gasteiger partial charge in [0, 0.05) is 43.0 Å². The van der Waals surface area contributed by atoms with Crippen LogP contribution in [-0.2, 0) is 4.74 Å². The van der Waals surface area contributed by atoms with Crippen molar-refractivity contribution in [1.29, 1.82) is 0 Å². The van der Waals surface area contributed by atoms with Crippen LogP contribution in [0.15, 0.2) is 36.0 Å². The molecular weight excluding hydrogens is 430 g/mol. The second-order valence-corrected chi connectivity index (χ2v) is 7.70. The topological polar surface area (TPSA) is 98.7 Å². The summed E-state index contributed by atoms with van der Waals surface area (Å²) in [4.78, 5) is 27.9. The fourth-order valence-electron chi connectivity index (χ4n) is 3.32. The van der Waals surface area contributed by atoms with Crippen LogP contribution in [-0.4, -0.2) is 60.4 Å². The van der Waals surface area contributed by atoms with Gasteiger partial charge >= 0.3 is 0 Å². The van der Waals surface area contributed by atoms with Crippen LogP contribution >= 0.6 is 11.3 Å². The highest BCUT2D eigenvalue weighted by atomic mass is 32.1. The number of amides is 1. The normalized spacial score (nSPS) is 13.6. The van der Waals surface area contributed by atoms with Crippen LogP contribution in [0.3, 0.4) is 0 Å². The molecule has 1 N–H and O–H groups in total. The zero-order chi connectivity index (χ0) is 22.3. The molecule has 4 rings (SSSR count). The van der Waals surface area contributed by atoms with Crippen LogP contribution in [0.5, 0.6) is 11.5 Å². The lowest BCUT2D eigenvalue weighted by atomic mass is 10.2. The lowest BCUT2D eigenvalue weighted by molar-refractivity contribution is 0.102. The fraction of sp³-hybridized carbons (Fsp3) is 0.364. The molecule has 1 aromatic carbocycles. The Morgan fingerprint density at radius 2 is 1.84 bits per heavy atom. The molecule has 9 nitrogen and oxygen atoms in total. The average Bonchev–Trinajstić information content (AvgIpc) is 3.33. The molecule has 1 aliphatic heterocycles. The number of morpholine rings is 1. The maximum atomic E-state index is 12.9. The number of rotatable bonds is 8. The largest absolute Gasteiger partial charge is 0.492 e. The third kappa shape index (κ3) is 4.97. The Hall–Kier alpha value is -3.24. The van der Waals surface area contributed by atoms with Crippen molar-refractivity contribution in [3.8, 4) is 22.3 Å². The number of hydrogen-bond donors (Lipinski definition) is 1. The Bertz CT molecular complexity index is 1050. The van der Waals surface area contributed by atoms with Gasteiger partial charge in [-0.1, -0.05) is 0 Å². The molecule has 168 valence electrons. The predicted molar refractivity (Wildman–Crippen MR) is 123 cm³/mol. The molecule has 3 aromatic rings. The first kappa shape index (κ1) is 22.0. The minimum atomic E-state index is -0.342. The zero-order valence-corrected chi connectivity index (χ0v) is 18.9. The van der Waals surface area contributed by atoms with Crippen molar-refractivity contribution in [3.05, 3.63) is 41.7 Å². The number of hydrogen-bond acceptors (Lipinski definition) is 9. The summed E-state index contributed by atoms with van der Waals surface area (Å²) in [6.07, 6.45) is 3.28. The number of benzene rings is 1. The van der Waals surface area contributed by atoms with Gasteiger partial charge in [0.05, 0.1) is 37.8 Å². The third-order valence-corrected chi connectivity index (χ3v) is 5.59. The molecule has 1 fully saturated rings. The molecule has 0 aliphatic carbocycles. The fourth-order valence-corrected chi connectivity index (χ4v) is 4.07. The molecule has 1 aliphatic rings. The van der Waals surface area contributed by atoms with Crippen molar-refractivity contribution < 1.29 is 19.0 Å². The van der Waals surface area contributed by atoms with Crippen LogP contribution in [0, 0.1) is 0 Å². The number of nitrogens with one attached hydrogen (secondary N) is 1. The van der Waals surface area contributed by atoms with E-state index in [4.69, 9.17) is 14.2 Å². The highest BCUT2D eigenvalue weighted by Crippen LogP contribution is 2.39. The van der Waals surface area contributed by atoms with Gasteiger partial charge in [0.25, 0.3) is 5.91 Å². The van der Waals surface area contributed by atoms with E-state index in [1.165, 1.54) is 11.3 Å². The predicted octanol–water partition coefficient (Wildman–Crippen LogP) is 3.49. The number of carbonyl (C=O) groups is 1. The van der Waals surface area contributed by atoms with E-state index in [9.17, 15) is 4.79 Å². The molecule has 32 heavy (non-hydrogen) atoms. The van der Waals surface area contributed by atoms with Gasteiger partial charge in [-0.05, 0) is 19.9 Å². The Kier molecular flexibility index (Phi) is 7.13. The smallest absolute Gasteiger partial charge is 0.275 e. The second-order valence-electron chi connectivity index (χ2n) is 6.85. The lowest BCUT2D eigenvalue weighted by Crippen LogP contribution is -2.36. The zero-order valence-electron chi connectivity index (χ0n) is 18.0. The SMILES string of the molecule is CCOc1cc(N2CCOCC2)c(OCC)cc1NC(=O)c1csc(-c2ncccn2)n1. The summed E-state index contributed by atoms with van der Waals surface area (Å²) in [5.41, 5.74) is 1.74. The maximum absolute atomic E-state index is 12.9. The van der Waals surface area contributed by atoms with Gasteiger partial charge in [-0.2, -0.15) is 0 Å². The monoisotopic (exact) mass is 455 g/mol. The summed E-state index contributed by atoms with van der Waals surface area (Å²) >= 11 is 1.32. The van der Waals surface area contributed by atoms with Crippen molar-refractivity contribution in [2.75, 3.05) is 49.7 Å². The van der Waals surface area contributed by atoms with E-state index in [1.807, 2.05) is 26.0 Å². The number of carbonyl (C=O) groups excluding carboxylic acids is 1. The first-order valence-electron chi connectivity index (χ1n) is 10.5. The molecule has 3 heterocycles. The van der Waals surface area contributed by atoms with Crippen molar-refractivity contribution in [2.45, 2.75) is 13.8 Å². The molecule has 1 saturated heterocycles. The van der Waals surface area contributed by atoms with E-state index in [2.05, 4.69) is 25.2 Å². The van der Waals surface area contributed by atoms with Crippen molar-refractivity contribution in [2.24, 2.45) is 0 Å². The number of nitrogens with zero attached hydrogens (tertiary/aromatic N) is 4. The van der Waals surface area contributed by atoms with Gasteiger partial charge in [0.2, 0.25) is 0 Å². The number of thiazole rings is 1. The first-order chi connectivity index (χ1) is 15.7. The van der Waals surface area contributed by atoms with Gasteiger partial charge in [0.1, 0.15) is 17.2 Å². The van der Waals surface area contributed by atoms with E-state index in [-0.39, 0.29) is 11.6 Å². The van der Waals surface area contributed by atoms with E-state index < -0.39 is 0 Å². The summed E-state index contributed by atoms with van der Waals surface area (Å²) in [6.45, 7) is 7.65. The second kappa shape index (κ2) is 10.4. The molecule has 0 atom stereocenters. The van der Waals surface area contributed by atoms with E-state index in [0.29, 0.717) is 54.4 Å². The summed E-state index contributed by atoms with van der Waals surface area (Å²) in [5.74, 6) is 1.41. The van der Waals surface area contributed by atoms with Crippen LogP contribution in [0.1, 0.15) is 24.3 Å². The molecule has 10 heteroatoms. The minimum Gasteiger partial charge on any atom is -0.492 e. The quantitative estimate of drug-likeness (QED) is 0.551. The number of ether oxygens (including phenoxy) is 3. The number of aromatic nitrogens is 3. The summed E-state index contributed by atoms with van der Waals surface area (Å²) < 4.78 is 17.2. The van der Waals surface area contributed by atoms with Crippen molar-refractivity contribution in [1.82, 2.24) is 15.0 Å². The van der Waals surface area contributed by atoms with E-state index >= 15 is 0 Å². The van der Waals surface area contributed by atoms with Gasteiger partial charge in [-0.15, -0.1) is 11.3 Å². The van der Waals surface area contributed by atoms with Crippen LogP contribution in [0.4, 0.5) is 11.4 Å². The van der Waals surface area contributed by atoms with Gasteiger partial charge in [-0.3, -0.25) is 4.79 Å². The van der Waals surface area contributed by atoms with Crippen LogP contribution < -0.4 is 19.7 Å². The van der Waals surface area contributed by atoms with Gasteiger partial charge in [-0.25, -0.2) is 15.0 Å². The van der Waals surface area contributed by atoms with Crippen molar-refractivity contribution >= 4 is 28.6 Å². The Labute approximate surface area is 190 Å². The molecule has 0 radical (unpaired) electrons. The van der Waals surface area contributed by atoms with Gasteiger partial charge in [0.15, 0.2) is 10.8 Å². The Morgan fingerprint density at radius 3 is 2.56 bits per heavy atom. The number of anilines is 2. The standard InChI is InChI=1S/C22H25N5O4S/c1-3-30-18-13-17(27-8-10-29-11-9-27)19(31-4-2)12-15(18)25-21(28)16-14-32-22(26-16)20-23-6-5-7-24-20/h5-7,12-14H,3-4,8-11H2,1-2H3,(H,25,28). The molecule has 0 saturated carbocycles. The molecule has 1 amide bonds. The summed E-state index contributed by atoms with van der Waals surface area (Å²) in [6, 6.07) is 5.46. The maximum Gasteiger partial charge on any atom is 0.275 e. The summed E-state index contributed by atoms with van der Waals surface area (Å²) in [7, 11) is 0. The average molecular weight is 456 g/mol. The van der Waals surface area contributed by atoms with Crippen LogP contribution in [0.25, 0.3) is 10.8 Å². The molecule has 2 aromatic heterocycles. The molecule has 0 spiro atoms. The molecular formula is C22H25N5O4S. The van der Waals surface area contributed by atoms with Crippen molar-refractivity contribution in [3.63, 3.8) is 0 Å². The highest BCUT2D eigenvalue weighted by Gasteiger charge is 2.21. The molecule has 0 bridgehead atoms. The van der Waals surface area contributed by atoms with E-state index in [1.54, 1.807) is 23.8 Å². The summed E-state index contributed by atoms with van der Waals surface area (Å²) in [5, 5.41) is 5.19. The molecule has 0 unspecified atom stereocenters. The Morgan fingerprint density at radius 1 is 1.12 bits per heavy atom. The Balaban J connectivity index is 1.61. The van der Waals surface area contributed by atoms with Crippen LogP contribution in [0.2, 0.25) is 0 Å². The third-order valence-electron chi connectivity index (χ3n) is 4.75. The minimum absolute atomic E-state index is 0.287. The van der Waals surface area contributed by atoms with E-state index in [0.717, 1.165) is 18.8 Å². The highest BCUT2D eigenvalue weighted by molar-refractivity contribution is 7.13. The first-order valence-corrected chi connectivity index (χ1v) is 11.4. The van der Waals surface area contributed by atoms with Gasteiger partial charge < -0.3 is 24.4 Å².